The number of aromatic nitrogens is 5. The van der Waals surface area contributed by atoms with Gasteiger partial charge in [0.05, 0.1) is 17.9 Å². The van der Waals surface area contributed by atoms with E-state index in [1.54, 1.807) is 41.7 Å². The monoisotopic (exact) mass is 348 g/mol. The van der Waals surface area contributed by atoms with Crippen LogP contribution in [0.5, 0.6) is 0 Å². The summed E-state index contributed by atoms with van der Waals surface area (Å²) in [4.78, 5) is 27.0. The summed E-state index contributed by atoms with van der Waals surface area (Å²) in [6, 6.07) is 9.36. The topological polar surface area (TPSA) is 76.8 Å². The Morgan fingerprint density at radius 1 is 1.04 bits per heavy atom. The van der Waals surface area contributed by atoms with E-state index in [1.165, 1.54) is 0 Å². The van der Waals surface area contributed by atoms with Gasteiger partial charge in [-0.3, -0.25) is 14.7 Å². The maximum Gasteiger partial charge on any atom is 0.266 e. The average Bonchev–Trinajstić information content (AvgIpc) is 3.12. The zero-order valence-corrected chi connectivity index (χ0v) is 14.4. The van der Waals surface area contributed by atoms with E-state index in [1.807, 2.05) is 18.2 Å². The van der Waals surface area contributed by atoms with Gasteiger partial charge < -0.3 is 0 Å². The lowest BCUT2D eigenvalue weighted by atomic mass is 10.2. The smallest absolute Gasteiger partial charge is 0.266 e. The van der Waals surface area contributed by atoms with Crippen molar-refractivity contribution in [3.63, 3.8) is 0 Å². The van der Waals surface area contributed by atoms with Gasteiger partial charge in [0, 0.05) is 42.8 Å². The minimum absolute atomic E-state index is 0.0725. The number of pyridine rings is 1. The minimum atomic E-state index is -0.0725. The molecule has 1 saturated heterocycles. The molecule has 1 atom stereocenters. The first kappa shape index (κ1) is 16.5. The lowest BCUT2D eigenvalue weighted by Gasteiger charge is -2.24. The van der Waals surface area contributed by atoms with E-state index < -0.39 is 0 Å². The Labute approximate surface area is 151 Å². The third-order valence-electron chi connectivity index (χ3n) is 4.73. The second-order valence-corrected chi connectivity index (χ2v) is 6.44. The Hall–Kier alpha value is -2.93. The molecule has 3 aromatic heterocycles. The Morgan fingerprint density at radius 2 is 1.88 bits per heavy atom. The van der Waals surface area contributed by atoms with E-state index in [0.717, 1.165) is 42.9 Å². The standard InChI is InChI=1S/C19H20N6O/c26-19-4-3-18(15-5-8-20-9-6-15)23-25(19)13-17-2-1-11-24(17)12-16-7-10-21-14-22-16/h3-10,14,17H,1-2,11-13H2. The van der Waals surface area contributed by atoms with Gasteiger partial charge in [-0.15, -0.1) is 0 Å². The van der Waals surface area contributed by atoms with E-state index >= 15 is 0 Å². The zero-order chi connectivity index (χ0) is 17.8. The molecule has 7 heteroatoms. The van der Waals surface area contributed by atoms with Gasteiger partial charge in [-0.1, -0.05) is 0 Å². The fraction of sp³-hybridized carbons (Fsp3) is 0.316. The van der Waals surface area contributed by atoms with Crippen LogP contribution in [-0.2, 0) is 13.1 Å². The maximum absolute atomic E-state index is 12.3. The molecule has 0 spiro atoms. The normalized spacial score (nSPS) is 17.5. The van der Waals surface area contributed by atoms with Crippen molar-refractivity contribution >= 4 is 0 Å². The Morgan fingerprint density at radius 3 is 2.69 bits per heavy atom. The molecule has 0 N–H and O–H groups in total. The van der Waals surface area contributed by atoms with Crippen LogP contribution in [0, 0.1) is 0 Å². The highest BCUT2D eigenvalue weighted by atomic mass is 16.1. The SMILES string of the molecule is O=c1ccc(-c2ccncc2)nn1CC1CCCN1Cc1ccncn1. The summed E-state index contributed by atoms with van der Waals surface area (Å²) >= 11 is 0. The van der Waals surface area contributed by atoms with Crippen molar-refractivity contribution in [1.29, 1.82) is 0 Å². The molecule has 0 radical (unpaired) electrons. The van der Waals surface area contributed by atoms with Crippen LogP contribution in [0.1, 0.15) is 18.5 Å². The van der Waals surface area contributed by atoms with Gasteiger partial charge in [-0.2, -0.15) is 5.10 Å². The molecule has 26 heavy (non-hydrogen) atoms. The number of hydrogen-bond donors (Lipinski definition) is 0. The summed E-state index contributed by atoms with van der Waals surface area (Å²) < 4.78 is 1.58. The Bertz CT molecular complexity index is 912. The molecule has 1 aliphatic rings. The van der Waals surface area contributed by atoms with Crippen LogP contribution < -0.4 is 5.56 Å². The van der Waals surface area contributed by atoms with Crippen molar-refractivity contribution in [2.45, 2.75) is 32.0 Å². The zero-order valence-electron chi connectivity index (χ0n) is 14.4. The highest BCUT2D eigenvalue weighted by Crippen LogP contribution is 2.21. The third-order valence-corrected chi connectivity index (χ3v) is 4.73. The number of hydrogen-bond acceptors (Lipinski definition) is 6. The van der Waals surface area contributed by atoms with Crippen molar-refractivity contribution < 1.29 is 0 Å². The van der Waals surface area contributed by atoms with Crippen LogP contribution in [0.15, 0.2) is 60.0 Å². The van der Waals surface area contributed by atoms with Crippen LogP contribution in [0.2, 0.25) is 0 Å². The molecular weight excluding hydrogens is 328 g/mol. The van der Waals surface area contributed by atoms with Crippen LogP contribution in [0.3, 0.4) is 0 Å². The maximum atomic E-state index is 12.3. The third kappa shape index (κ3) is 3.67. The molecular formula is C19H20N6O. The van der Waals surface area contributed by atoms with Crippen molar-refractivity contribution in [3.05, 3.63) is 71.3 Å². The molecule has 7 nitrogen and oxygen atoms in total. The lowest BCUT2D eigenvalue weighted by molar-refractivity contribution is 0.214. The van der Waals surface area contributed by atoms with E-state index in [9.17, 15) is 4.79 Å². The van der Waals surface area contributed by atoms with Gasteiger partial charge in [-0.05, 0) is 43.7 Å². The molecule has 4 rings (SSSR count). The lowest BCUT2D eigenvalue weighted by Crippen LogP contribution is -2.36. The van der Waals surface area contributed by atoms with Gasteiger partial charge in [-0.25, -0.2) is 14.6 Å². The average molecular weight is 348 g/mol. The van der Waals surface area contributed by atoms with Gasteiger partial charge in [0.1, 0.15) is 6.33 Å². The summed E-state index contributed by atoms with van der Waals surface area (Å²) in [5, 5.41) is 4.57. The molecule has 0 aromatic carbocycles. The molecule has 132 valence electrons. The molecule has 3 aromatic rings. The molecule has 1 unspecified atom stereocenters. The van der Waals surface area contributed by atoms with Crippen molar-refractivity contribution in [3.8, 4) is 11.3 Å². The summed E-state index contributed by atoms with van der Waals surface area (Å²) in [6.07, 6.45) is 8.97. The molecule has 4 heterocycles. The van der Waals surface area contributed by atoms with Gasteiger partial charge in [0.2, 0.25) is 0 Å². The predicted octanol–water partition coefficient (Wildman–Crippen LogP) is 1.76. The van der Waals surface area contributed by atoms with E-state index in [2.05, 4.69) is 25.0 Å². The first-order valence-electron chi connectivity index (χ1n) is 8.77. The van der Waals surface area contributed by atoms with Crippen LogP contribution in [-0.4, -0.2) is 42.2 Å². The molecule has 0 saturated carbocycles. The summed E-state index contributed by atoms with van der Waals surface area (Å²) in [5.74, 6) is 0. The summed E-state index contributed by atoms with van der Waals surface area (Å²) in [5.41, 5.74) is 2.67. The first-order valence-corrected chi connectivity index (χ1v) is 8.77. The van der Waals surface area contributed by atoms with E-state index in [4.69, 9.17) is 0 Å². The minimum Gasteiger partial charge on any atom is -0.293 e. The van der Waals surface area contributed by atoms with Gasteiger partial charge in [0.15, 0.2) is 0 Å². The number of rotatable bonds is 5. The highest BCUT2D eigenvalue weighted by molar-refractivity contribution is 5.56. The first-order chi connectivity index (χ1) is 12.8. The predicted molar refractivity (Wildman–Crippen MR) is 97.2 cm³/mol. The molecule has 0 amide bonds. The van der Waals surface area contributed by atoms with Crippen LogP contribution >= 0.6 is 0 Å². The van der Waals surface area contributed by atoms with E-state index in [-0.39, 0.29) is 11.6 Å². The molecule has 1 aliphatic heterocycles. The quantitative estimate of drug-likeness (QED) is 0.699. The number of likely N-dealkylation sites (tertiary alicyclic amines) is 1. The second-order valence-electron chi connectivity index (χ2n) is 6.44. The van der Waals surface area contributed by atoms with Gasteiger partial charge in [0.25, 0.3) is 5.56 Å². The summed E-state index contributed by atoms with van der Waals surface area (Å²) in [7, 11) is 0. The van der Waals surface area contributed by atoms with E-state index in [0.29, 0.717) is 6.54 Å². The van der Waals surface area contributed by atoms with Crippen LogP contribution in [0.4, 0.5) is 0 Å². The van der Waals surface area contributed by atoms with Crippen molar-refractivity contribution in [1.82, 2.24) is 29.6 Å². The molecule has 0 aliphatic carbocycles. The Kier molecular flexibility index (Phi) is 4.79. The second kappa shape index (κ2) is 7.53. The Balaban J connectivity index is 1.53. The fourth-order valence-corrected chi connectivity index (χ4v) is 3.39. The van der Waals surface area contributed by atoms with Crippen molar-refractivity contribution in [2.24, 2.45) is 0 Å². The molecule has 0 bridgehead atoms. The van der Waals surface area contributed by atoms with Crippen molar-refractivity contribution in [2.75, 3.05) is 6.54 Å². The highest BCUT2D eigenvalue weighted by Gasteiger charge is 2.26. The largest absolute Gasteiger partial charge is 0.293 e. The number of nitrogens with zero attached hydrogens (tertiary/aromatic N) is 6. The van der Waals surface area contributed by atoms with Crippen LogP contribution in [0.25, 0.3) is 11.3 Å². The summed E-state index contributed by atoms with van der Waals surface area (Å²) in [6.45, 7) is 2.36. The molecule has 1 fully saturated rings. The van der Waals surface area contributed by atoms with Gasteiger partial charge >= 0.3 is 0 Å². The fourth-order valence-electron chi connectivity index (χ4n) is 3.39.